The molecular formula is C10H11F3N2O2. The van der Waals surface area contributed by atoms with Crippen molar-refractivity contribution in [2.45, 2.75) is 12.7 Å². The molecule has 1 aromatic carbocycles. The number of rotatable bonds is 2. The fraction of sp³-hybridized carbons (Fsp3) is 0.300. The van der Waals surface area contributed by atoms with E-state index in [9.17, 15) is 18.0 Å². The van der Waals surface area contributed by atoms with Gasteiger partial charge in [0.25, 0.3) is 0 Å². The molecule has 0 heterocycles. The lowest BCUT2D eigenvalue weighted by Crippen LogP contribution is -2.15. The van der Waals surface area contributed by atoms with Gasteiger partial charge in [-0.15, -0.1) is 0 Å². The number of nitrogens with one attached hydrogen (secondary N) is 1. The van der Waals surface area contributed by atoms with Gasteiger partial charge in [-0.3, -0.25) is 5.32 Å². The van der Waals surface area contributed by atoms with Crippen LogP contribution in [0.15, 0.2) is 18.2 Å². The van der Waals surface area contributed by atoms with Crippen molar-refractivity contribution in [2.24, 2.45) is 5.73 Å². The second-order valence-electron chi connectivity index (χ2n) is 3.19. The predicted molar refractivity (Wildman–Crippen MR) is 55.4 cm³/mol. The molecule has 0 unspecified atom stereocenters. The molecule has 7 heteroatoms. The van der Waals surface area contributed by atoms with Gasteiger partial charge < -0.3 is 10.5 Å². The number of benzene rings is 1. The van der Waals surface area contributed by atoms with Crippen molar-refractivity contribution in [1.82, 2.24) is 0 Å². The van der Waals surface area contributed by atoms with Crippen LogP contribution >= 0.6 is 0 Å². The maximum Gasteiger partial charge on any atom is 0.416 e. The Morgan fingerprint density at radius 3 is 2.59 bits per heavy atom. The zero-order chi connectivity index (χ0) is 13.1. The first-order chi connectivity index (χ1) is 7.88. The average molecular weight is 248 g/mol. The van der Waals surface area contributed by atoms with E-state index in [4.69, 9.17) is 5.73 Å². The van der Waals surface area contributed by atoms with Crippen molar-refractivity contribution in [3.8, 4) is 0 Å². The number of anilines is 1. The molecule has 1 rings (SSSR count). The first-order valence-corrected chi connectivity index (χ1v) is 4.63. The third-order valence-corrected chi connectivity index (χ3v) is 2.07. The third-order valence-electron chi connectivity index (χ3n) is 2.07. The Labute approximate surface area is 95.6 Å². The number of carbonyl (C=O) groups excluding carboxylic acids is 1. The number of halogens is 3. The van der Waals surface area contributed by atoms with Crippen molar-refractivity contribution in [3.05, 3.63) is 29.3 Å². The highest BCUT2D eigenvalue weighted by atomic mass is 19.4. The molecule has 0 saturated carbocycles. The maximum atomic E-state index is 12.4. The normalized spacial score (nSPS) is 11.1. The van der Waals surface area contributed by atoms with Crippen LogP contribution in [0.2, 0.25) is 0 Å². The largest absolute Gasteiger partial charge is 0.453 e. The molecule has 94 valence electrons. The molecule has 0 radical (unpaired) electrons. The number of hydrogen-bond acceptors (Lipinski definition) is 3. The van der Waals surface area contributed by atoms with Crippen LogP contribution in [0.5, 0.6) is 0 Å². The Morgan fingerprint density at radius 2 is 2.12 bits per heavy atom. The van der Waals surface area contributed by atoms with Crippen LogP contribution in [0.4, 0.5) is 23.7 Å². The summed E-state index contributed by atoms with van der Waals surface area (Å²) in [6, 6.07) is 2.90. The van der Waals surface area contributed by atoms with Gasteiger partial charge in [0.15, 0.2) is 0 Å². The van der Waals surface area contributed by atoms with E-state index in [1.165, 1.54) is 0 Å². The molecule has 0 aromatic heterocycles. The summed E-state index contributed by atoms with van der Waals surface area (Å²) in [5, 5.41) is 2.28. The standard InChI is InChI=1S/C10H11F3N2O2/c1-17-9(16)15-8-3-2-7(10(11,12)13)4-6(8)5-14/h2-4H,5,14H2,1H3,(H,15,16). The van der Waals surface area contributed by atoms with E-state index in [1.54, 1.807) is 0 Å². The number of ether oxygens (including phenoxy) is 1. The van der Waals surface area contributed by atoms with Crippen LogP contribution < -0.4 is 11.1 Å². The van der Waals surface area contributed by atoms with Gasteiger partial charge in [-0.1, -0.05) is 0 Å². The average Bonchev–Trinajstić information content (AvgIpc) is 2.27. The van der Waals surface area contributed by atoms with Crippen molar-refractivity contribution >= 4 is 11.8 Å². The topological polar surface area (TPSA) is 64.3 Å². The second kappa shape index (κ2) is 5.05. The summed E-state index contributed by atoms with van der Waals surface area (Å²) in [5.41, 5.74) is 4.90. The number of nitrogens with two attached hydrogens (primary N) is 1. The van der Waals surface area contributed by atoms with Crippen LogP contribution in [-0.4, -0.2) is 13.2 Å². The molecule has 0 aliphatic rings. The summed E-state index contributed by atoms with van der Waals surface area (Å²) in [5.74, 6) is 0. The SMILES string of the molecule is COC(=O)Nc1ccc(C(F)(F)F)cc1CN. The molecular weight excluding hydrogens is 237 g/mol. The molecule has 0 spiro atoms. The molecule has 0 bridgehead atoms. The van der Waals surface area contributed by atoms with Gasteiger partial charge in [0.1, 0.15) is 0 Å². The third kappa shape index (κ3) is 3.35. The minimum Gasteiger partial charge on any atom is -0.453 e. The molecule has 17 heavy (non-hydrogen) atoms. The molecule has 0 atom stereocenters. The van der Waals surface area contributed by atoms with Crippen LogP contribution in [0, 0.1) is 0 Å². The lowest BCUT2D eigenvalue weighted by atomic mass is 10.1. The Balaban J connectivity index is 3.06. The second-order valence-corrected chi connectivity index (χ2v) is 3.19. The Morgan fingerprint density at radius 1 is 1.47 bits per heavy atom. The van der Waals surface area contributed by atoms with Crippen molar-refractivity contribution in [3.63, 3.8) is 0 Å². The summed E-state index contributed by atoms with van der Waals surface area (Å²) in [4.78, 5) is 10.9. The van der Waals surface area contributed by atoms with Crippen LogP contribution in [0.25, 0.3) is 0 Å². The fourth-order valence-electron chi connectivity index (χ4n) is 1.22. The quantitative estimate of drug-likeness (QED) is 0.844. The molecule has 3 N–H and O–H groups in total. The lowest BCUT2D eigenvalue weighted by molar-refractivity contribution is -0.137. The van der Waals surface area contributed by atoms with E-state index >= 15 is 0 Å². The van der Waals surface area contributed by atoms with Gasteiger partial charge >= 0.3 is 12.3 Å². The Kier molecular flexibility index (Phi) is 3.95. The summed E-state index contributed by atoms with van der Waals surface area (Å²) in [7, 11) is 1.15. The molecule has 1 aromatic rings. The number of methoxy groups -OCH3 is 1. The van der Waals surface area contributed by atoms with E-state index in [1.807, 2.05) is 0 Å². The Bertz CT molecular complexity index is 419. The molecule has 0 fully saturated rings. The van der Waals surface area contributed by atoms with E-state index in [0.29, 0.717) is 0 Å². The monoisotopic (exact) mass is 248 g/mol. The van der Waals surface area contributed by atoms with Crippen LogP contribution in [-0.2, 0) is 17.5 Å². The van der Waals surface area contributed by atoms with Gasteiger partial charge in [-0.2, -0.15) is 13.2 Å². The fourth-order valence-corrected chi connectivity index (χ4v) is 1.22. The van der Waals surface area contributed by atoms with Crippen molar-refractivity contribution < 1.29 is 22.7 Å². The summed E-state index contributed by atoms with van der Waals surface area (Å²) in [6.45, 7) is -0.122. The highest BCUT2D eigenvalue weighted by Crippen LogP contribution is 2.31. The van der Waals surface area contributed by atoms with Crippen molar-refractivity contribution in [2.75, 3.05) is 12.4 Å². The molecule has 1 amide bonds. The first-order valence-electron chi connectivity index (χ1n) is 4.63. The maximum absolute atomic E-state index is 12.4. The van der Waals surface area contributed by atoms with Gasteiger partial charge in [0.05, 0.1) is 12.7 Å². The minimum atomic E-state index is -4.44. The lowest BCUT2D eigenvalue weighted by Gasteiger charge is -2.12. The summed E-state index contributed by atoms with van der Waals surface area (Å²) in [6.07, 6.45) is -5.20. The van der Waals surface area contributed by atoms with Crippen LogP contribution in [0.1, 0.15) is 11.1 Å². The predicted octanol–water partition coefficient (Wildman–Crippen LogP) is 2.34. The molecule has 0 aliphatic carbocycles. The number of hydrogen-bond donors (Lipinski definition) is 2. The van der Waals surface area contributed by atoms with E-state index in [0.717, 1.165) is 25.3 Å². The minimum absolute atomic E-state index is 0.122. The molecule has 4 nitrogen and oxygen atoms in total. The van der Waals surface area contributed by atoms with Gasteiger partial charge in [-0.25, -0.2) is 4.79 Å². The van der Waals surface area contributed by atoms with E-state index in [2.05, 4.69) is 10.1 Å². The van der Waals surface area contributed by atoms with Gasteiger partial charge in [-0.05, 0) is 23.8 Å². The van der Waals surface area contributed by atoms with Crippen molar-refractivity contribution in [1.29, 1.82) is 0 Å². The van der Waals surface area contributed by atoms with Crippen LogP contribution in [0.3, 0.4) is 0 Å². The first kappa shape index (κ1) is 13.3. The zero-order valence-electron chi connectivity index (χ0n) is 8.97. The zero-order valence-corrected chi connectivity index (χ0v) is 8.97. The van der Waals surface area contributed by atoms with Gasteiger partial charge in [0, 0.05) is 12.2 Å². The molecule has 0 saturated heterocycles. The number of carbonyl (C=O) groups is 1. The van der Waals surface area contributed by atoms with E-state index in [-0.39, 0.29) is 17.8 Å². The van der Waals surface area contributed by atoms with E-state index < -0.39 is 17.8 Å². The molecule has 0 aliphatic heterocycles. The number of alkyl halides is 3. The summed E-state index contributed by atoms with van der Waals surface area (Å²) >= 11 is 0. The highest BCUT2D eigenvalue weighted by molar-refractivity contribution is 5.85. The van der Waals surface area contributed by atoms with Gasteiger partial charge in [0.2, 0.25) is 0 Å². The number of amides is 1. The summed E-state index contributed by atoms with van der Waals surface area (Å²) < 4.78 is 41.6. The highest BCUT2D eigenvalue weighted by Gasteiger charge is 2.30. The Hall–Kier alpha value is -1.76. The smallest absolute Gasteiger partial charge is 0.416 e.